The fourth-order valence-electron chi connectivity index (χ4n) is 15.2. The predicted octanol–water partition coefficient (Wildman–Crippen LogP) is 27.6. The van der Waals surface area contributed by atoms with Crippen molar-refractivity contribution in [2.45, 2.75) is 147 Å². The highest BCUT2D eigenvalue weighted by Crippen LogP contribution is 2.34. The van der Waals surface area contributed by atoms with Crippen molar-refractivity contribution in [3.63, 3.8) is 0 Å². The van der Waals surface area contributed by atoms with Crippen LogP contribution in [0.15, 0.2) is 317 Å². The molecule has 0 aromatic heterocycles. The standard InChI is InChI=1S/C26H24O2.C24H22O5.C21H18O4.C20H22O4.C20H24O3.C14H16O5/c1-4-5-19-7-12-24-18(3)25(13-11-22(24)15-19)28-26(27)23-10-9-20-14-17(2)6-8-21(20)16-23;1-3-23(25)28-14-4-13-27-21-10-7-18(8-11-21)24(26)29-22-12-9-19-15-17(2)5-6-20(19)16-22;1-13-4-9-20(14(2)10-13)25-21(23)18-6-5-17-12-19(24-15(3)22)8-7-16(17)11-18;1-12(2)16-6-8-19(13(3)10-16)24-20(22)17-7-9-18(14(4)11-17)23-15(5)21;1-3-20(21)23-13-7-5-4-6-12-22-19-11-10-17-14-16(2)8-9-18(17)15-19;1-3-13(15)19-10-4-9-18-12-7-5-11(6-8-12)14(16)17-2/h6-16H,4-5H2,1-3H3;3,5-12,15-16H,1,4,13-14H2,2H3;4-12H,1-3H3;6-12H,1-5H3;3,8-11,14-15H,1,4-7,12-13H2,2H3;3,5-8H,1,4,9-10H2,2H3. The first-order chi connectivity index (χ1) is 71.1. The van der Waals surface area contributed by atoms with Gasteiger partial charge >= 0.3 is 59.7 Å². The molecule has 23 nitrogen and oxygen atoms in total. The number of esters is 10. The monoisotopic (exact) mass is 1990 g/mol. The second-order valence-corrected chi connectivity index (χ2v) is 35.3. The molecule has 23 heteroatoms. The molecule has 0 unspecified atom stereocenters. The third-order valence-corrected chi connectivity index (χ3v) is 23.0. The fraction of sp³-hybridized carbons (Fsp3) is 0.232. The quantitative estimate of drug-likeness (QED) is 0.0117. The molecule has 0 aliphatic heterocycles. The van der Waals surface area contributed by atoms with E-state index in [-0.39, 0.29) is 37.1 Å². The lowest BCUT2D eigenvalue weighted by atomic mass is 10.0. The molecule has 0 radical (unpaired) electrons. The largest absolute Gasteiger partial charge is 0.494 e. The van der Waals surface area contributed by atoms with E-state index in [4.69, 9.17) is 56.8 Å². The van der Waals surface area contributed by atoms with Crippen LogP contribution in [0.1, 0.15) is 193 Å². The van der Waals surface area contributed by atoms with E-state index in [2.05, 4.69) is 126 Å². The van der Waals surface area contributed by atoms with Crippen molar-refractivity contribution < 1.29 is 110 Å². The number of hydrogen-bond acceptors (Lipinski definition) is 23. The van der Waals surface area contributed by atoms with Gasteiger partial charge in [-0.15, -0.1) is 0 Å². The summed E-state index contributed by atoms with van der Waals surface area (Å²) >= 11 is 0. The first-order valence-electron chi connectivity index (χ1n) is 48.8. The molecule has 0 saturated heterocycles. The molecule has 764 valence electrons. The van der Waals surface area contributed by atoms with E-state index in [1.165, 1.54) is 71.0 Å². The lowest BCUT2D eigenvalue weighted by molar-refractivity contribution is -0.138. The Morgan fingerprint density at radius 3 is 1.09 bits per heavy atom. The molecule has 0 fully saturated rings. The minimum atomic E-state index is -0.450. The molecule has 148 heavy (non-hydrogen) atoms. The van der Waals surface area contributed by atoms with Gasteiger partial charge in [-0.1, -0.05) is 203 Å². The van der Waals surface area contributed by atoms with E-state index in [0.29, 0.717) is 125 Å². The number of fused-ring (bicyclic) bond motifs is 5. The summed E-state index contributed by atoms with van der Waals surface area (Å²) in [5.74, 6) is 1.76. The van der Waals surface area contributed by atoms with Gasteiger partial charge in [0.25, 0.3) is 0 Å². The molecule has 0 atom stereocenters. The molecule has 0 heterocycles. The normalized spacial score (nSPS) is 10.5. The molecular formula is C125H126O23. The maximum atomic E-state index is 12.7. The van der Waals surface area contributed by atoms with Crippen LogP contribution < -0.4 is 42.6 Å². The van der Waals surface area contributed by atoms with Crippen molar-refractivity contribution >= 4 is 114 Å². The van der Waals surface area contributed by atoms with Gasteiger partial charge in [0.1, 0.15) is 51.7 Å². The highest BCUT2D eigenvalue weighted by molar-refractivity contribution is 6.00. The fourth-order valence-corrected chi connectivity index (χ4v) is 15.2. The molecule has 0 aliphatic carbocycles. The lowest BCUT2D eigenvalue weighted by Crippen LogP contribution is -2.10. The number of carbonyl (C=O) groups is 10. The van der Waals surface area contributed by atoms with Crippen molar-refractivity contribution in [1.29, 1.82) is 0 Å². The van der Waals surface area contributed by atoms with Gasteiger partial charge in [0.05, 0.1) is 74.6 Å². The number of hydrogen-bond donors (Lipinski definition) is 0. The zero-order valence-corrected chi connectivity index (χ0v) is 86.3. The smallest absolute Gasteiger partial charge is 0.343 e. The molecule has 0 spiro atoms. The summed E-state index contributed by atoms with van der Waals surface area (Å²) in [6, 6.07) is 86.9. The lowest BCUT2D eigenvalue weighted by Gasteiger charge is -2.12. The summed E-state index contributed by atoms with van der Waals surface area (Å²) in [5, 5.41) is 10.8. The van der Waals surface area contributed by atoms with Crippen LogP contribution >= 0.6 is 0 Å². The van der Waals surface area contributed by atoms with Gasteiger partial charge in [-0.3, -0.25) is 9.59 Å². The molecule has 0 bridgehead atoms. The van der Waals surface area contributed by atoms with Crippen molar-refractivity contribution in [2.75, 3.05) is 46.8 Å². The summed E-state index contributed by atoms with van der Waals surface area (Å²) in [7, 11) is 1.33. The number of aryl methyl sites for hydroxylation is 9. The second kappa shape index (κ2) is 57.4. The van der Waals surface area contributed by atoms with Crippen LogP contribution in [0, 0.1) is 55.4 Å². The number of carbonyl (C=O) groups excluding carboxylic acids is 10. The number of methoxy groups -OCH3 is 1. The summed E-state index contributed by atoms with van der Waals surface area (Å²) in [5.41, 5.74) is 13.2. The summed E-state index contributed by atoms with van der Waals surface area (Å²) in [6.45, 7) is 37.5. The Labute approximate surface area is 864 Å². The summed E-state index contributed by atoms with van der Waals surface area (Å²) in [4.78, 5) is 116. The minimum Gasteiger partial charge on any atom is -0.494 e. The zero-order chi connectivity index (χ0) is 107. The van der Waals surface area contributed by atoms with Gasteiger partial charge in [0, 0.05) is 44.9 Å². The van der Waals surface area contributed by atoms with Crippen molar-refractivity contribution in [3.05, 3.63) is 400 Å². The highest BCUT2D eigenvalue weighted by Gasteiger charge is 2.20. The molecule has 0 N–H and O–H groups in total. The zero-order valence-electron chi connectivity index (χ0n) is 86.3. The van der Waals surface area contributed by atoms with Gasteiger partial charge in [-0.25, -0.2) is 38.4 Å². The molecule has 0 amide bonds. The summed E-state index contributed by atoms with van der Waals surface area (Å²) in [6.07, 6.45) is 10.8. The van der Waals surface area contributed by atoms with Crippen LogP contribution in [-0.2, 0) is 49.3 Å². The molecule has 15 aromatic rings. The van der Waals surface area contributed by atoms with Crippen molar-refractivity contribution in [3.8, 4) is 51.7 Å². The Bertz CT molecular complexity index is 7230. The van der Waals surface area contributed by atoms with E-state index in [9.17, 15) is 47.9 Å². The Balaban J connectivity index is 0.000000183. The SMILES string of the molecule is C=CC(=O)OCCCCCCOc1ccc2cc(C)ccc2c1.C=CC(=O)OCCCOc1ccc(C(=O)OC)cc1.C=CC(=O)OCCCOc1ccc(C(=O)Oc2ccc3cc(C)ccc3c2)cc1.CC(=O)Oc1ccc(C(=O)Oc2ccc(C(C)C)cc2C)cc1C.CC(=O)Oc1ccc2cc(C(=O)Oc3ccc(C)cc3C)ccc2c1.CCCc1ccc2c(C)c(OC(=O)c3ccc4cc(C)ccc4c3)ccc2c1. The van der Waals surface area contributed by atoms with Gasteiger partial charge in [-0.2, -0.15) is 0 Å². The first kappa shape index (κ1) is 113. The van der Waals surface area contributed by atoms with E-state index in [0.717, 1.165) is 116 Å². The molecule has 15 aromatic carbocycles. The minimum absolute atomic E-state index is 0.264. The summed E-state index contributed by atoms with van der Waals surface area (Å²) < 4.78 is 68.3. The predicted molar refractivity (Wildman–Crippen MR) is 579 cm³/mol. The molecule has 0 aliphatic rings. The number of ether oxygens (including phenoxy) is 13. The van der Waals surface area contributed by atoms with Crippen LogP contribution in [0.25, 0.3) is 53.9 Å². The average molecular weight is 2000 g/mol. The van der Waals surface area contributed by atoms with Gasteiger partial charge in [0.2, 0.25) is 0 Å². The maximum absolute atomic E-state index is 12.7. The van der Waals surface area contributed by atoms with Crippen molar-refractivity contribution in [2.24, 2.45) is 0 Å². The number of unbranched alkanes of at least 4 members (excludes halogenated alkanes) is 3. The van der Waals surface area contributed by atoms with E-state index in [1.54, 1.807) is 116 Å². The third kappa shape index (κ3) is 36.0. The Kier molecular flexibility index (Phi) is 43.8. The average Bonchev–Trinajstić information content (AvgIpc) is 0.801. The van der Waals surface area contributed by atoms with Gasteiger partial charge in [-0.05, 0) is 326 Å². The van der Waals surface area contributed by atoms with Crippen LogP contribution in [0.5, 0.6) is 51.7 Å². The number of rotatable bonds is 35. The van der Waals surface area contributed by atoms with Gasteiger partial charge < -0.3 is 61.6 Å². The maximum Gasteiger partial charge on any atom is 0.343 e. The van der Waals surface area contributed by atoms with E-state index >= 15 is 0 Å². The third-order valence-electron chi connectivity index (χ3n) is 23.0. The Hall–Kier alpha value is -17.1. The van der Waals surface area contributed by atoms with Crippen molar-refractivity contribution in [1.82, 2.24) is 0 Å². The van der Waals surface area contributed by atoms with Gasteiger partial charge in [0.15, 0.2) is 0 Å². The van der Waals surface area contributed by atoms with Crippen LogP contribution in [0.3, 0.4) is 0 Å². The number of benzene rings is 15. The van der Waals surface area contributed by atoms with E-state index < -0.39 is 35.8 Å². The van der Waals surface area contributed by atoms with Crippen LogP contribution in [0.4, 0.5) is 0 Å². The Morgan fingerprint density at radius 1 is 0.284 bits per heavy atom. The molecular weight excluding hydrogens is 1870 g/mol. The first-order valence-corrected chi connectivity index (χ1v) is 48.8. The van der Waals surface area contributed by atoms with Crippen LogP contribution in [0.2, 0.25) is 0 Å². The Morgan fingerprint density at radius 2 is 0.622 bits per heavy atom. The molecule has 15 rings (SSSR count). The molecule has 0 saturated carbocycles. The second-order valence-electron chi connectivity index (χ2n) is 35.3. The van der Waals surface area contributed by atoms with Crippen LogP contribution in [-0.4, -0.2) is 106 Å². The topological polar surface area (TPSA) is 291 Å². The highest BCUT2D eigenvalue weighted by atomic mass is 16.6. The van der Waals surface area contributed by atoms with E-state index in [1.807, 2.05) is 138 Å².